The van der Waals surface area contributed by atoms with Gasteiger partial charge in [-0.2, -0.15) is 10.1 Å². The molecule has 8 heteroatoms. The number of methoxy groups -OCH3 is 1. The van der Waals surface area contributed by atoms with E-state index in [2.05, 4.69) is 32.5 Å². The number of ether oxygens (including phenoxy) is 2. The Bertz CT molecular complexity index is 957. The van der Waals surface area contributed by atoms with Crippen molar-refractivity contribution in [2.45, 2.75) is 26.3 Å². The van der Waals surface area contributed by atoms with E-state index >= 15 is 0 Å². The highest BCUT2D eigenvalue weighted by Gasteiger charge is 2.26. The van der Waals surface area contributed by atoms with Gasteiger partial charge in [-0.1, -0.05) is 6.07 Å². The Balaban J connectivity index is 1.48. The Morgan fingerprint density at radius 2 is 2.12 bits per heavy atom. The van der Waals surface area contributed by atoms with E-state index in [1.807, 2.05) is 6.07 Å². The van der Waals surface area contributed by atoms with Gasteiger partial charge in [-0.3, -0.25) is 5.10 Å². The smallest absolute Gasteiger partial charge is 0.228 e. The fraction of sp³-hybridized carbons (Fsp3) is 0.278. The largest absolute Gasteiger partial charge is 0.497 e. The predicted octanol–water partition coefficient (Wildman–Crippen LogP) is 2.50. The van der Waals surface area contributed by atoms with Crippen LogP contribution in [0.15, 0.2) is 30.6 Å². The predicted molar refractivity (Wildman–Crippen MR) is 95.3 cm³/mol. The van der Waals surface area contributed by atoms with Crippen molar-refractivity contribution in [1.82, 2.24) is 20.2 Å². The molecule has 0 bridgehead atoms. The van der Waals surface area contributed by atoms with Crippen LogP contribution in [0.5, 0.6) is 5.75 Å². The van der Waals surface area contributed by atoms with E-state index in [0.29, 0.717) is 19.2 Å². The number of hydrogen-bond donors (Lipinski definition) is 2. The van der Waals surface area contributed by atoms with Crippen molar-refractivity contribution in [3.63, 3.8) is 0 Å². The quantitative estimate of drug-likeness (QED) is 0.747. The molecule has 0 amide bonds. The normalized spacial score (nSPS) is 15.0. The van der Waals surface area contributed by atoms with E-state index in [-0.39, 0.29) is 0 Å². The van der Waals surface area contributed by atoms with Gasteiger partial charge in [0.1, 0.15) is 11.6 Å². The van der Waals surface area contributed by atoms with Gasteiger partial charge in [-0.15, -0.1) is 0 Å². The summed E-state index contributed by atoms with van der Waals surface area (Å²) in [6.07, 6.45) is 3.52. The molecular weight excluding hydrogens is 332 g/mol. The summed E-state index contributed by atoms with van der Waals surface area (Å²) in [6.45, 7) is 2.58. The molecular formula is C18H18N6O2. The Morgan fingerprint density at radius 1 is 1.19 bits per heavy atom. The first-order valence-corrected chi connectivity index (χ1v) is 8.44. The molecule has 26 heavy (non-hydrogen) atoms. The SMILES string of the molecule is COc1ccc2c(c1)CN(c1nc3c(c(Nc4cn[nH]c4)n1)COC3)C2. The monoisotopic (exact) mass is 350 g/mol. The fourth-order valence-corrected chi connectivity index (χ4v) is 3.38. The van der Waals surface area contributed by atoms with Gasteiger partial charge in [0.15, 0.2) is 0 Å². The Kier molecular flexibility index (Phi) is 3.49. The number of benzene rings is 1. The summed E-state index contributed by atoms with van der Waals surface area (Å²) >= 11 is 0. The second kappa shape index (κ2) is 5.99. The molecule has 0 atom stereocenters. The maximum absolute atomic E-state index is 5.58. The van der Waals surface area contributed by atoms with Gasteiger partial charge in [0.05, 0.1) is 37.9 Å². The second-order valence-corrected chi connectivity index (χ2v) is 6.39. The molecule has 4 heterocycles. The minimum atomic E-state index is 0.513. The zero-order valence-corrected chi connectivity index (χ0v) is 14.3. The molecule has 5 rings (SSSR count). The summed E-state index contributed by atoms with van der Waals surface area (Å²) < 4.78 is 10.9. The van der Waals surface area contributed by atoms with Crippen LogP contribution in [-0.4, -0.2) is 27.3 Å². The average molecular weight is 350 g/mol. The van der Waals surface area contributed by atoms with Gasteiger partial charge >= 0.3 is 0 Å². The number of aromatic nitrogens is 4. The lowest BCUT2D eigenvalue weighted by Gasteiger charge is -2.18. The van der Waals surface area contributed by atoms with Gasteiger partial charge < -0.3 is 19.7 Å². The van der Waals surface area contributed by atoms with Crippen LogP contribution < -0.4 is 15.0 Å². The molecule has 0 spiro atoms. The molecule has 0 unspecified atom stereocenters. The van der Waals surface area contributed by atoms with Crippen LogP contribution in [0.25, 0.3) is 0 Å². The minimum absolute atomic E-state index is 0.513. The van der Waals surface area contributed by atoms with E-state index in [9.17, 15) is 0 Å². The summed E-state index contributed by atoms with van der Waals surface area (Å²) in [4.78, 5) is 11.7. The van der Waals surface area contributed by atoms with Crippen LogP contribution in [-0.2, 0) is 31.0 Å². The summed E-state index contributed by atoms with van der Waals surface area (Å²) in [6, 6.07) is 6.18. The van der Waals surface area contributed by atoms with Crippen molar-refractivity contribution >= 4 is 17.5 Å². The maximum atomic E-state index is 5.58. The van der Waals surface area contributed by atoms with Crippen molar-refractivity contribution < 1.29 is 9.47 Å². The summed E-state index contributed by atoms with van der Waals surface area (Å²) in [5.74, 6) is 2.35. The third-order valence-electron chi connectivity index (χ3n) is 4.75. The Labute approximate surface area is 150 Å². The lowest BCUT2D eigenvalue weighted by atomic mass is 10.1. The van der Waals surface area contributed by atoms with E-state index < -0.39 is 0 Å². The molecule has 0 radical (unpaired) electrons. The number of fused-ring (bicyclic) bond motifs is 2. The summed E-state index contributed by atoms with van der Waals surface area (Å²) in [5, 5.41) is 10.1. The van der Waals surface area contributed by atoms with Crippen molar-refractivity contribution in [1.29, 1.82) is 0 Å². The van der Waals surface area contributed by atoms with Crippen molar-refractivity contribution in [2.75, 3.05) is 17.3 Å². The molecule has 2 aliphatic heterocycles. The molecule has 3 aromatic rings. The number of aromatic amines is 1. The van der Waals surface area contributed by atoms with Crippen LogP contribution in [0.2, 0.25) is 0 Å². The zero-order valence-electron chi connectivity index (χ0n) is 14.3. The molecule has 0 fully saturated rings. The number of H-pyrrole nitrogens is 1. The number of anilines is 3. The van der Waals surface area contributed by atoms with Gasteiger partial charge in [-0.05, 0) is 23.3 Å². The number of nitrogens with one attached hydrogen (secondary N) is 2. The van der Waals surface area contributed by atoms with Crippen molar-refractivity contribution in [3.05, 3.63) is 53.0 Å². The molecule has 0 saturated carbocycles. The molecule has 8 nitrogen and oxygen atoms in total. The van der Waals surface area contributed by atoms with E-state index in [0.717, 1.165) is 41.6 Å². The van der Waals surface area contributed by atoms with E-state index in [1.165, 1.54) is 11.1 Å². The molecule has 2 N–H and O–H groups in total. The van der Waals surface area contributed by atoms with Gasteiger partial charge in [-0.25, -0.2) is 4.98 Å². The second-order valence-electron chi connectivity index (χ2n) is 6.39. The Morgan fingerprint density at radius 3 is 2.96 bits per heavy atom. The highest BCUT2D eigenvalue weighted by Crippen LogP contribution is 2.33. The van der Waals surface area contributed by atoms with Crippen LogP contribution in [0.4, 0.5) is 17.5 Å². The van der Waals surface area contributed by atoms with Crippen LogP contribution >= 0.6 is 0 Å². The topological polar surface area (TPSA) is 88.2 Å². The molecule has 0 aliphatic carbocycles. The number of nitrogens with zero attached hydrogens (tertiary/aromatic N) is 4. The molecule has 132 valence electrons. The highest BCUT2D eigenvalue weighted by molar-refractivity contribution is 5.61. The van der Waals surface area contributed by atoms with Gasteiger partial charge in [0.25, 0.3) is 0 Å². The van der Waals surface area contributed by atoms with Gasteiger partial charge in [0, 0.05) is 24.8 Å². The van der Waals surface area contributed by atoms with E-state index in [4.69, 9.17) is 19.4 Å². The first-order valence-electron chi connectivity index (χ1n) is 8.44. The van der Waals surface area contributed by atoms with Crippen LogP contribution in [0.1, 0.15) is 22.4 Å². The highest BCUT2D eigenvalue weighted by atomic mass is 16.5. The molecule has 0 saturated heterocycles. The molecule has 2 aliphatic rings. The number of hydrogen-bond acceptors (Lipinski definition) is 7. The molecule has 2 aromatic heterocycles. The zero-order chi connectivity index (χ0) is 17.5. The number of rotatable bonds is 4. The Hall–Kier alpha value is -3.13. The maximum Gasteiger partial charge on any atom is 0.228 e. The standard InChI is InChI=1S/C18H18N6O2/c1-25-14-3-2-11-7-24(8-12(11)4-14)18-22-16-10-26-9-15(16)17(23-18)21-13-5-19-20-6-13/h2-6H,7-10H2,1H3,(H,19,20)(H,21,22,23). The molecule has 1 aromatic carbocycles. The third kappa shape index (κ3) is 2.55. The van der Waals surface area contributed by atoms with Crippen molar-refractivity contribution in [2.24, 2.45) is 0 Å². The first kappa shape index (κ1) is 15.2. The lowest BCUT2D eigenvalue weighted by Crippen LogP contribution is -2.19. The van der Waals surface area contributed by atoms with E-state index in [1.54, 1.807) is 19.5 Å². The fourth-order valence-electron chi connectivity index (χ4n) is 3.38. The van der Waals surface area contributed by atoms with Crippen LogP contribution in [0, 0.1) is 0 Å². The van der Waals surface area contributed by atoms with Crippen molar-refractivity contribution in [3.8, 4) is 5.75 Å². The first-order chi connectivity index (χ1) is 12.8. The summed E-state index contributed by atoms with van der Waals surface area (Å²) in [7, 11) is 1.69. The minimum Gasteiger partial charge on any atom is -0.497 e. The van der Waals surface area contributed by atoms with Gasteiger partial charge in [0.2, 0.25) is 5.95 Å². The lowest BCUT2D eigenvalue weighted by molar-refractivity contribution is 0.133. The third-order valence-corrected chi connectivity index (χ3v) is 4.75. The van der Waals surface area contributed by atoms with Crippen LogP contribution in [0.3, 0.4) is 0 Å². The average Bonchev–Trinajstić information content (AvgIpc) is 3.40. The summed E-state index contributed by atoms with van der Waals surface area (Å²) in [5.41, 5.74) is 5.32.